The van der Waals surface area contributed by atoms with Crippen LogP contribution in [0, 0.1) is 11.8 Å². The van der Waals surface area contributed by atoms with Gasteiger partial charge in [-0.25, -0.2) is 4.98 Å². The fraction of sp³-hybridized carbons (Fsp3) is 0.273. The first-order valence-electron chi connectivity index (χ1n) is 4.82. The van der Waals surface area contributed by atoms with Gasteiger partial charge in [0.05, 0.1) is 12.4 Å². The predicted molar refractivity (Wildman–Crippen MR) is 58.4 cm³/mol. The number of hydrogen-bond donors (Lipinski definition) is 1. The zero-order valence-corrected chi connectivity index (χ0v) is 8.57. The third-order valence-corrected chi connectivity index (χ3v) is 2.03. The predicted octanol–water partition coefficient (Wildman–Crippen LogP) is 0.690. The summed E-state index contributed by atoms with van der Waals surface area (Å²) in [5, 5.41) is 3.05. The zero-order chi connectivity index (χ0) is 10.5. The molecular formula is C11H12N4. The minimum Gasteiger partial charge on any atom is -0.319 e. The molecule has 2 rings (SSSR count). The summed E-state index contributed by atoms with van der Waals surface area (Å²) in [5.74, 6) is 6.17. The van der Waals surface area contributed by atoms with Crippen LogP contribution in [-0.2, 0) is 0 Å². The van der Waals surface area contributed by atoms with Crippen LogP contribution in [0.15, 0.2) is 24.8 Å². The first kappa shape index (κ1) is 9.69. The van der Waals surface area contributed by atoms with Crippen LogP contribution in [0.1, 0.15) is 12.1 Å². The third kappa shape index (κ3) is 2.14. The largest absolute Gasteiger partial charge is 0.319 e. The maximum atomic E-state index is 4.20. The second-order valence-corrected chi connectivity index (χ2v) is 3.10. The number of hydrogen-bond acceptors (Lipinski definition) is 3. The summed E-state index contributed by atoms with van der Waals surface area (Å²) in [6.07, 6.45) is 7.93. The van der Waals surface area contributed by atoms with Crippen molar-refractivity contribution in [3.05, 3.63) is 30.5 Å². The van der Waals surface area contributed by atoms with Gasteiger partial charge in [0, 0.05) is 25.4 Å². The topological polar surface area (TPSA) is 42.2 Å². The number of rotatable bonds is 2. The molecule has 2 aromatic heterocycles. The average Bonchev–Trinajstić information content (AvgIpc) is 2.68. The van der Waals surface area contributed by atoms with E-state index in [2.05, 4.69) is 27.1 Å². The van der Waals surface area contributed by atoms with Crippen LogP contribution < -0.4 is 5.32 Å². The van der Waals surface area contributed by atoms with Gasteiger partial charge in [-0.05, 0) is 13.0 Å². The molecule has 0 aliphatic heterocycles. The van der Waals surface area contributed by atoms with E-state index < -0.39 is 0 Å². The van der Waals surface area contributed by atoms with Gasteiger partial charge in [0.15, 0.2) is 5.65 Å². The van der Waals surface area contributed by atoms with Crippen molar-refractivity contribution in [1.29, 1.82) is 0 Å². The van der Waals surface area contributed by atoms with Crippen LogP contribution in [0.2, 0.25) is 0 Å². The molecule has 0 aliphatic carbocycles. The number of nitrogens with zero attached hydrogens (tertiary/aromatic N) is 3. The molecule has 0 radical (unpaired) electrons. The Kier molecular flexibility index (Phi) is 2.96. The first-order valence-corrected chi connectivity index (χ1v) is 4.82. The van der Waals surface area contributed by atoms with Crippen molar-refractivity contribution in [3.8, 4) is 11.8 Å². The summed E-state index contributed by atoms with van der Waals surface area (Å²) in [5.41, 5.74) is 1.74. The molecule has 15 heavy (non-hydrogen) atoms. The van der Waals surface area contributed by atoms with Gasteiger partial charge in [0.1, 0.15) is 5.69 Å². The number of nitrogens with one attached hydrogen (secondary N) is 1. The van der Waals surface area contributed by atoms with Crippen LogP contribution in [0.4, 0.5) is 0 Å². The molecule has 0 fully saturated rings. The van der Waals surface area contributed by atoms with Crippen LogP contribution in [0.5, 0.6) is 0 Å². The fourth-order valence-corrected chi connectivity index (χ4v) is 1.28. The standard InChI is InChI=1S/C11H12N4/c1-12-5-3-2-4-10-8-14-11-9-13-6-7-15(10)11/h6-9,12H,3,5H2,1H3. The Morgan fingerprint density at radius 2 is 2.40 bits per heavy atom. The second-order valence-electron chi connectivity index (χ2n) is 3.10. The molecule has 2 heterocycles. The van der Waals surface area contributed by atoms with Gasteiger partial charge in [-0.15, -0.1) is 0 Å². The Balaban J connectivity index is 2.23. The van der Waals surface area contributed by atoms with E-state index >= 15 is 0 Å². The smallest absolute Gasteiger partial charge is 0.156 e. The van der Waals surface area contributed by atoms with Gasteiger partial charge in [-0.2, -0.15) is 0 Å². The minimum absolute atomic E-state index is 0.829. The molecule has 0 bridgehead atoms. The Morgan fingerprint density at radius 1 is 1.47 bits per heavy atom. The van der Waals surface area contributed by atoms with Crippen molar-refractivity contribution in [2.24, 2.45) is 0 Å². The van der Waals surface area contributed by atoms with Crippen molar-refractivity contribution in [2.45, 2.75) is 6.42 Å². The van der Waals surface area contributed by atoms with E-state index in [1.165, 1.54) is 0 Å². The highest BCUT2D eigenvalue weighted by Crippen LogP contribution is 2.02. The van der Waals surface area contributed by atoms with Gasteiger partial charge < -0.3 is 5.32 Å². The molecule has 0 unspecified atom stereocenters. The molecule has 4 nitrogen and oxygen atoms in total. The number of aromatic nitrogens is 3. The molecule has 0 aliphatic rings. The lowest BCUT2D eigenvalue weighted by Crippen LogP contribution is -2.05. The highest BCUT2D eigenvalue weighted by molar-refractivity contribution is 5.42. The lowest BCUT2D eigenvalue weighted by molar-refractivity contribution is 0.818. The molecule has 0 spiro atoms. The van der Waals surface area contributed by atoms with E-state index in [1.807, 2.05) is 17.6 Å². The lowest BCUT2D eigenvalue weighted by atomic mass is 10.4. The van der Waals surface area contributed by atoms with Gasteiger partial charge >= 0.3 is 0 Å². The minimum atomic E-state index is 0.829. The van der Waals surface area contributed by atoms with Gasteiger partial charge in [-0.1, -0.05) is 5.92 Å². The number of fused-ring (bicyclic) bond motifs is 1. The summed E-state index contributed by atoms with van der Waals surface area (Å²) in [4.78, 5) is 8.19. The molecule has 0 atom stereocenters. The molecule has 0 aromatic carbocycles. The number of imidazole rings is 1. The Labute approximate surface area is 88.4 Å². The lowest BCUT2D eigenvalue weighted by Gasteiger charge is -1.92. The van der Waals surface area contributed by atoms with Gasteiger partial charge in [-0.3, -0.25) is 9.38 Å². The van der Waals surface area contributed by atoms with Crippen molar-refractivity contribution in [2.75, 3.05) is 13.6 Å². The summed E-state index contributed by atoms with van der Waals surface area (Å²) < 4.78 is 1.93. The normalized spacial score (nSPS) is 9.93. The zero-order valence-electron chi connectivity index (χ0n) is 8.57. The Hall–Kier alpha value is -1.86. The van der Waals surface area contributed by atoms with Crippen molar-refractivity contribution < 1.29 is 0 Å². The van der Waals surface area contributed by atoms with E-state index in [0.717, 1.165) is 24.3 Å². The van der Waals surface area contributed by atoms with E-state index in [4.69, 9.17) is 0 Å². The van der Waals surface area contributed by atoms with Crippen LogP contribution >= 0.6 is 0 Å². The van der Waals surface area contributed by atoms with Crippen LogP contribution in [-0.4, -0.2) is 28.0 Å². The summed E-state index contributed by atoms with van der Waals surface area (Å²) in [6.45, 7) is 0.908. The van der Waals surface area contributed by atoms with Crippen LogP contribution in [0.3, 0.4) is 0 Å². The Bertz CT molecular complexity index is 504. The molecule has 0 amide bonds. The van der Waals surface area contributed by atoms with E-state index in [0.29, 0.717) is 0 Å². The molecule has 4 heteroatoms. The first-order chi connectivity index (χ1) is 7.42. The van der Waals surface area contributed by atoms with Gasteiger partial charge in [0.2, 0.25) is 0 Å². The maximum Gasteiger partial charge on any atom is 0.156 e. The molecule has 2 aromatic rings. The fourth-order valence-electron chi connectivity index (χ4n) is 1.28. The van der Waals surface area contributed by atoms with Crippen molar-refractivity contribution in [1.82, 2.24) is 19.7 Å². The second kappa shape index (κ2) is 4.58. The summed E-state index contributed by atoms with van der Waals surface area (Å²) >= 11 is 0. The monoisotopic (exact) mass is 200 g/mol. The summed E-state index contributed by atoms with van der Waals surface area (Å²) in [7, 11) is 1.92. The van der Waals surface area contributed by atoms with Crippen LogP contribution in [0.25, 0.3) is 5.65 Å². The maximum absolute atomic E-state index is 4.20. The molecule has 1 N–H and O–H groups in total. The average molecular weight is 200 g/mol. The Morgan fingerprint density at radius 3 is 3.27 bits per heavy atom. The molecule has 76 valence electrons. The molecule has 0 saturated heterocycles. The highest BCUT2D eigenvalue weighted by Gasteiger charge is 1.97. The molecular weight excluding hydrogens is 188 g/mol. The van der Waals surface area contributed by atoms with Crippen molar-refractivity contribution in [3.63, 3.8) is 0 Å². The van der Waals surface area contributed by atoms with E-state index in [-0.39, 0.29) is 0 Å². The third-order valence-electron chi connectivity index (χ3n) is 2.03. The van der Waals surface area contributed by atoms with Gasteiger partial charge in [0.25, 0.3) is 0 Å². The molecule has 0 saturated carbocycles. The SMILES string of the molecule is CNCCC#Cc1cnc2cnccn12. The quantitative estimate of drug-likeness (QED) is 0.573. The summed E-state index contributed by atoms with van der Waals surface area (Å²) in [6, 6.07) is 0. The highest BCUT2D eigenvalue weighted by atomic mass is 15.0. The van der Waals surface area contributed by atoms with E-state index in [9.17, 15) is 0 Å². The van der Waals surface area contributed by atoms with E-state index in [1.54, 1.807) is 18.6 Å². The van der Waals surface area contributed by atoms with Crippen molar-refractivity contribution >= 4 is 5.65 Å².